The highest BCUT2D eigenvalue weighted by Gasteiger charge is 2.77. The Morgan fingerprint density at radius 1 is 1.38 bits per heavy atom. The summed E-state index contributed by atoms with van der Waals surface area (Å²) in [6.07, 6.45) is 1.48. The number of hydrogen-bond donors (Lipinski definition) is 1. The van der Waals surface area contributed by atoms with Gasteiger partial charge in [-0.1, -0.05) is 40.2 Å². The Labute approximate surface area is 208 Å². The number of rotatable bonds is 8. The lowest BCUT2D eigenvalue weighted by Gasteiger charge is -2.37. The Hall–Kier alpha value is -2.23. The monoisotopic (exact) mass is 534 g/mol. The van der Waals surface area contributed by atoms with E-state index in [1.165, 1.54) is 4.90 Å². The third kappa shape index (κ3) is 3.60. The van der Waals surface area contributed by atoms with E-state index in [1.54, 1.807) is 17.9 Å². The van der Waals surface area contributed by atoms with Gasteiger partial charge in [0.15, 0.2) is 0 Å². The third-order valence-corrected chi connectivity index (χ3v) is 8.05. The first kappa shape index (κ1) is 24.9. The van der Waals surface area contributed by atoms with Crippen molar-refractivity contribution < 1.29 is 29.0 Å². The maximum atomic E-state index is 14.3. The molecule has 3 heterocycles. The summed E-state index contributed by atoms with van der Waals surface area (Å²) in [5.74, 6) is -2.81. The van der Waals surface area contributed by atoms with Crippen LogP contribution in [0, 0.1) is 25.7 Å². The maximum absolute atomic E-state index is 14.3. The van der Waals surface area contributed by atoms with E-state index in [2.05, 4.69) is 22.5 Å². The maximum Gasteiger partial charge on any atom is 0.312 e. The number of β-amino-alcohol motifs (C(OH)–C–C–N with tert-alkyl or cyclic N) is 1. The summed E-state index contributed by atoms with van der Waals surface area (Å²) in [6, 6.07) is 4.81. The minimum Gasteiger partial charge on any atom is -0.466 e. The van der Waals surface area contributed by atoms with Crippen molar-refractivity contribution in [1.29, 1.82) is 0 Å². The minimum atomic E-state index is -1.18. The van der Waals surface area contributed by atoms with Gasteiger partial charge in [0.25, 0.3) is 5.91 Å². The van der Waals surface area contributed by atoms with Crippen LogP contribution >= 0.6 is 15.9 Å². The SMILES string of the molecule is C=CCN(C(=O)C1N(CCO)C(=O)[C@@H]2[C@H](C(=O)OCC)[C@H]3OC12CC3Br)c1c(C)cccc1C. The molecule has 4 rings (SSSR count). The number of carbonyl (C=O) groups is 3. The number of aliphatic hydroxyl groups is 1. The molecule has 8 nitrogen and oxygen atoms in total. The van der Waals surface area contributed by atoms with Gasteiger partial charge in [0.1, 0.15) is 11.6 Å². The topological polar surface area (TPSA) is 96.4 Å². The molecular weight excluding hydrogens is 504 g/mol. The summed E-state index contributed by atoms with van der Waals surface area (Å²) in [5.41, 5.74) is 1.41. The molecule has 34 heavy (non-hydrogen) atoms. The molecule has 3 fully saturated rings. The molecule has 1 N–H and O–H groups in total. The van der Waals surface area contributed by atoms with Crippen molar-refractivity contribution in [1.82, 2.24) is 4.90 Å². The van der Waals surface area contributed by atoms with E-state index in [9.17, 15) is 19.5 Å². The molecule has 1 aromatic carbocycles. The standard InChI is InChI=1S/C25H31BrN2O6/c1-5-10-27(19-14(3)8-7-9-15(19)4)23(31)21-25-13-16(26)20(34-25)17(24(32)33-6-2)18(25)22(30)28(21)11-12-29/h5,7-9,16-18,20-21,29H,1,6,10-13H2,2-4H3/t16?,17-,18-,20-,21?,25?/m0/s1. The number of aliphatic hydroxyl groups excluding tert-OH is 1. The average molecular weight is 535 g/mol. The van der Waals surface area contributed by atoms with Crippen molar-refractivity contribution >= 4 is 39.4 Å². The molecule has 2 bridgehead atoms. The number of amides is 2. The Morgan fingerprint density at radius 2 is 2.06 bits per heavy atom. The number of hydrogen-bond acceptors (Lipinski definition) is 6. The number of aryl methyl sites for hydroxylation is 2. The number of alkyl halides is 1. The molecule has 1 aromatic rings. The number of halogens is 1. The van der Waals surface area contributed by atoms with Gasteiger partial charge in [-0.05, 0) is 38.3 Å². The highest BCUT2D eigenvalue weighted by Crippen LogP contribution is 2.60. The first-order valence-electron chi connectivity index (χ1n) is 11.6. The van der Waals surface area contributed by atoms with Gasteiger partial charge in [-0.15, -0.1) is 6.58 Å². The number of benzene rings is 1. The summed E-state index contributed by atoms with van der Waals surface area (Å²) in [4.78, 5) is 43.7. The van der Waals surface area contributed by atoms with E-state index in [0.29, 0.717) is 6.42 Å². The van der Waals surface area contributed by atoms with Crippen LogP contribution in [-0.2, 0) is 23.9 Å². The number of fused-ring (bicyclic) bond motifs is 1. The molecule has 184 valence electrons. The second-order valence-electron chi connectivity index (χ2n) is 9.15. The van der Waals surface area contributed by atoms with Crippen LogP contribution in [0.2, 0.25) is 0 Å². The van der Waals surface area contributed by atoms with E-state index in [4.69, 9.17) is 9.47 Å². The Kier molecular flexibility index (Phi) is 6.90. The summed E-state index contributed by atoms with van der Waals surface area (Å²) in [6.45, 7) is 9.49. The Morgan fingerprint density at radius 3 is 2.65 bits per heavy atom. The molecule has 3 aliphatic heterocycles. The summed E-state index contributed by atoms with van der Waals surface area (Å²) < 4.78 is 11.7. The first-order valence-corrected chi connectivity index (χ1v) is 12.5. The highest BCUT2D eigenvalue weighted by atomic mass is 79.9. The number of likely N-dealkylation sites (tertiary alicyclic amines) is 1. The smallest absolute Gasteiger partial charge is 0.312 e. The van der Waals surface area contributed by atoms with E-state index in [1.807, 2.05) is 32.0 Å². The fraction of sp³-hybridized carbons (Fsp3) is 0.560. The van der Waals surface area contributed by atoms with Crippen molar-refractivity contribution in [2.75, 3.05) is 31.2 Å². The van der Waals surface area contributed by atoms with E-state index in [0.717, 1.165) is 16.8 Å². The van der Waals surface area contributed by atoms with Crippen LogP contribution in [-0.4, -0.2) is 76.7 Å². The molecule has 3 aliphatic rings. The van der Waals surface area contributed by atoms with Crippen molar-refractivity contribution in [3.05, 3.63) is 42.0 Å². The Bertz CT molecular complexity index is 995. The van der Waals surface area contributed by atoms with E-state index >= 15 is 0 Å². The lowest BCUT2D eigenvalue weighted by atomic mass is 9.70. The molecule has 2 amide bonds. The van der Waals surface area contributed by atoms with Crippen LogP contribution in [0.1, 0.15) is 24.5 Å². The van der Waals surface area contributed by atoms with Crippen molar-refractivity contribution in [3.63, 3.8) is 0 Å². The van der Waals surface area contributed by atoms with Crippen molar-refractivity contribution in [2.24, 2.45) is 11.8 Å². The largest absolute Gasteiger partial charge is 0.466 e. The molecule has 1 spiro atoms. The molecule has 0 radical (unpaired) electrons. The molecule has 0 aromatic heterocycles. The molecule has 6 atom stereocenters. The average Bonchev–Trinajstić information content (AvgIpc) is 3.37. The van der Waals surface area contributed by atoms with Crippen LogP contribution < -0.4 is 4.90 Å². The zero-order chi connectivity index (χ0) is 24.8. The molecule has 9 heteroatoms. The van der Waals surface area contributed by atoms with Crippen LogP contribution in [0.4, 0.5) is 5.69 Å². The van der Waals surface area contributed by atoms with E-state index in [-0.39, 0.29) is 42.9 Å². The number of ether oxygens (including phenoxy) is 2. The fourth-order valence-corrected chi connectivity index (χ4v) is 7.01. The fourth-order valence-electron chi connectivity index (χ4n) is 6.06. The van der Waals surface area contributed by atoms with Gasteiger partial charge in [-0.3, -0.25) is 14.4 Å². The lowest BCUT2D eigenvalue weighted by molar-refractivity contribution is -0.154. The molecular formula is C25H31BrN2O6. The predicted octanol–water partition coefficient (Wildman–Crippen LogP) is 2.13. The van der Waals surface area contributed by atoms with Gasteiger partial charge in [0.05, 0.1) is 31.2 Å². The Balaban J connectivity index is 1.82. The molecule has 0 aliphatic carbocycles. The van der Waals surface area contributed by atoms with Gasteiger partial charge in [-0.2, -0.15) is 0 Å². The number of carbonyl (C=O) groups excluding carboxylic acids is 3. The molecule has 3 saturated heterocycles. The number of para-hydroxylation sites is 1. The number of anilines is 1. The number of esters is 1. The van der Waals surface area contributed by atoms with Crippen molar-refractivity contribution in [3.8, 4) is 0 Å². The quantitative estimate of drug-likeness (QED) is 0.311. The summed E-state index contributed by atoms with van der Waals surface area (Å²) in [5, 5.41) is 9.76. The van der Waals surface area contributed by atoms with E-state index < -0.39 is 35.6 Å². The zero-order valence-corrected chi connectivity index (χ0v) is 21.3. The third-order valence-electron chi connectivity index (χ3n) is 7.21. The van der Waals surface area contributed by atoms with Crippen LogP contribution in [0.25, 0.3) is 0 Å². The predicted molar refractivity (Wildman–Crippen MR) is 130 cm³/mol. The highest BCUT2D eigenvalue weighted by molar-refractivity contribution is 9.09. The minimum absolute atomic E-state index is 0.0291. The summed E-state index contributed by atoms with van der Waals surface area (Å²) in [7, 11) is 0. The second kappa shape index (κ2) is 9.43. The van der Waals surface area contributed by atoms with Gasteiger partial charge in [-0.25, -0.2) is 0 Å². The number of nitrogens with zero attached hydrogens (tertiary/aromatic N) is 2. The molecule has 3 unspecified atom stereocenters. The second-order valence-corrected chi connectivity index (χ2v) is 10.3. The molecule has 0 saturated carbocycles. The normalized spacial score (nSPS) is 31.5. The van der Waals surface area contributed by atoms with Gasteiger partial charge in [0, 0.05) is 23.6 Å². The van der Waals surface area contributed by atoms with Gasteiger partial charge >= 0.3 is 5.97 Å². The lowest BCUT2D eigenvalue weighted by Crippen LogP contribution is -2.57. The van der Waals surface area contributed by atoms with Gasteiger partial charge < -0.3 is 24.4 Å². The van der Waals surface area contributed by atoms with Crippen LogP contribution in [0.5, 0.6) is 0 Å². The summed E-state index contributed by atoms with van der Waals surface area (Å²) >= 11 is 3.62. The van der Waals surface area contributed by atoms with Crippen LogP contribution in [0.3, 0.4) is 0 Å². The van der Waals surface area contributed by atoms with Crippen LogP contribution in [0.15, 0.2) is 30.9 Å². The first-order chi connectivity index (χ1) is 16.2. The van der Waals surface area contributed by atoms with Crippen molar-refractivity contribution in [2.45, 2.75) is 49.8 Å². The zero-order valence-electron chi connectivity index (χ0n) is 19.7. The van der Waals surface area contributed by atoms with Gasteiger partial charge in [0.2, 0.25) is 5.91 Å².